The van der Waals surface area contributed by atoms with Crippen LogP contribution in [0, 0.1) is 0 Å². The second-order valence-corrected chi connectivity index (χ2v) is 7.85. The largest absolute Gasteiger partial charge is 0.343 e. The molecule has 0 bridgehead atoms. The first kappa shape index (κ1) is 21.8. The van der Waals surface area contributed by atoms with Crippen LogP contribution in [0.25, 0.3) is 17.1 Å². The van der Waals surface area contributed by atoms with Crippen LogP contribution in [0.3, 0.4) is 0 Å². The molecule has 158 valence electrons. The molecular weight excluding hydrogens is 370 g/mol. The Balaban J connectivity index is 1.67. The van der Waals surface area contributed by atoms with Gasteiger partial charge in [-0.05, 0) is 37.1 Å². The predicted molar refractivity (Wildman–Crippen MR) is 125 cm³/mol. The van der Waals surface area contributed by atoms with Crippen LogP contribution in [0.2, 0.25) is 0 Å². The Morgan fingerprint density at radius 1 is 1.00 bits per heavy atom. The van der Waals surface area contributed by atoms with Gasteiger partial charge in [-0.2, -0.15) is 0 Å². The van der Waals surface area contributed by atoms with Crippen molar-refractivity contribution in [1.29, 1.82) is 0 Å². The van der Waals surface area contributed by atoms with Gasteiger partial charge in [0.05, 0.1) is 17.1 Å². The maximum atomic E-state index is 12.5. The lowest BCUT2D eigenvalue weighted by Gasteiger charge is -2.15. The van der Waals surface area contributed by atoms with Crippen molar-refractivity contribution in [2.75, 3.05) is 0 Å². The summed E-state index contributed by atoms with van der Waals surface area (Å²) in [4.78, 5) is 17.3. The summed E-state index contributed by atoms with van der Waals surface area (Å²) in [5.74, 6) is 0.816. The first-order valence-corrected chi connectivity index (χ1v) is 11.2. The molecule has 0 aliphatic rings. The van der Waals surface area contributed by atoms with Gasteiger partial charge in [0.25, 0.3) is 0 Å². The molecule has 3 rings (SSSR count). The standard InChI is InChI=1S/C26H33N3O/c1-3-4-5-6-7-13-20-29-24-17-12-11-16-23(24)28-26(29)21(2)27-25(30)19-18-22-14-9-8-10-15-22/h8-12,14-19,21H,3-7,13,20H2,1-2H3,(H,27,30)/b19-18-. The lowest BCUT2D eigenvalue weighted by Crippen LogP contribution is -2.27. The van der Waals surface area contributed by atoms with Crippen molar-refractivity contribution < 1.29 is 4.79 Å². The van der Waals surface area contributed by atoms with Crippen molar-refractivity contribution in [3.05, 3.63) is 72.1 Å². The summed E-state index contributed by atoms with van der Waals surface area (Å²) < 4.78 is 2.28. The summed E-state index contributed by atoms with van der Waals surface area (Å²) in [6.07, 6.45) is 11.0. The number of imidazole rings is 1. The molecule has 1 heterocycles. The third kappa shape index (κ3) is 6.06. The van der Waals surface area contributed by atoms with Crippen molar-refractivity contribution in [1.82, 2.24) is 14.9 Å². The number of amides is 1. The number of benzene rings is 2. The zero-order valence-corrected chi connectivity index (χ0v) is 18.2. The summed E-state index contributed by atoms with van der Waals surface area (Å²) in [6.45, 7) is 5.18. The van der Waals surface area contributed by atoms with Crippen molar-refractivity contribution in [2.45, 2.75) is 65.0 Å². The number of hydrogen-bond acceptors (Lipinski definition) is 2. The molecule has 0 saturated carbocycles. The third-order valence-electron chi connectivity index (χ3n) is 5.39. The van der Waals surface area contributed by atoms with Gasteiger partial charge in [0.1, 0.15) is 5.82 Å². The monoisotopic (exact) mass is 403 g/mol. The minimum Gasteiger partial charge on any atom is -0.343 e. The highest BCUT2D eigenvalue weighted by Gasteiger charge is 2.17. The van der Waals surface area contributed by atoms with Gasteiger partial charge in [0, 0.05) is 12.6 Å². The van der Waals surface area contributed by atoms with Gasteiger partial charge in [0.2, 0.25) is 5.91 Å². The van der Waals surface area contributed by atoms with Crippen molar-refractivity contribution in [3.63, 3.8) is 0 Å². The van der Waals surface area contributed by atoms with E-state index in [1.165, 1.54) is 32.1 Å². The van der Waals surface area contributed by atoms with Gasteiger partial charge in [-0.3, -0.25) is 4.79 Å². The summed E-state index contributed by atoms with van der Waals surface area (Å²) >= 11 is 0. The molecule has 1 aromatic heterocycles. The topological polar surface area (TPSA) is 46.9 Å². The van der Waals surface area contributed by atoms with E-state index in [9.17, 15) is 4.79 Å². The Morgan fingerprint density at radius 3 is 2.50 bits per heavy atom. The number of unbranched alkanes of at least 4 members (excludes halogenated alkanes) is 5. The second-order valence-electron chi connectivity index (χ2n) is 7.85. The van der Waals surface area contributed by atoms with Gasteiger partial charge in [-0.25, -0.2) is 4.98 Å². The lowest BCUT2D eigenvalue weighted by molar-refractivity contribution is -0.117. The first-order valence-electron chi connectivity index (χ1n) is 11.2. The molecule has 4 nitrogen and oxygen atoms in total. The normalized spacial score (nSPS) is 12.5. The van der Waals surface area contributed by atoms with E-state index >= 15 is 0 Å². The van der Waals surface area contributed by atoms with E-state index in [1.54, 1.807) is 6.08 Å². The molecule has 1 unspecified atom stereocenters. The maximum Gasteiger partial charge on any atom is 0.244 e. The summed E-state index contributed by atoms with van der Waals surface area (Å²) in [7, 11) is 0. The van der Waals surface area contributed by atoms with Gasteiger partial charge in [0.15, 0.2) is 0 Å². The number of aryl methyl sites for hydroxylation is 1. The second kappa shape index (κ2) is 11.3. The number of hydrogen-bond donors (Lipinski definition) is 1. The highest BCUT2D eigenvalue weighted by molar-refractivity contribution is 5.92. The molecule has 0 fully saturated rings. The average molecular weight is 404 g/mol. The van der Waals surface area contributed by atoms with E-state index in [-0.39, 0.29) is 11.9 Å². The SMILES string of the molecule is CCCCCCCCn1c(C(C)NC(=O)/C=C\c2ccccc2)nc2ccccc21. The van der Waals surface area contributed by atoms with Gasteiger partial charge < -0.3 is 9.88 Å². The molecule has 30 heavy (non-hydrogen) atoms. The number of para-hydroxylation sites is 2. The molecule has 0 aliphatic heterocycles. The van der Waals surface area contributed by atoms with Gasteiger partial charge in [-0.15, -0.1) is 0 Å². The fraction of sp³-hybridized carbons (Fsp3) is 0.385. The maximum absolute atomic E-state index is 12.5. The van der Waals surface area contributed by atoms with E-state index in [4.69, 9.17) is 4.98 Å². The van der Waals surface area contributed by atoms with E-state index in [0.29, 0.717) is 0 Å². The Morgan fingerprint density at radius 2 is 1.70 bits per heavy atom. The minimum absolute atomic E-state index is 0.107. The van der Waals surface area contributed by atoms with Crippen LogP contribution in [0.4, 0.5) is 0 Å². The molecule has 1 atom stereocenters. The molecule has 0 saturated heterocycles. The zero-order valence-electron chi connectivity index (χ0n) is 18.2. The highest BCUT2D eigenvalue weighted by Crippen LogP contribution is 2.22. The van der Waals surface area contributed by atoms with Crippen LogP contribution in [-0.2, 0) is 11.3 Å². The van der Waals surface area contributed by atoms with Crippen LogP contribution < -0.4 is 5.32 Å². The van der Waals surface area contributed by atoms with Crippen LogP contribution in [0.1, 0.15) is 69.8 Å². The number of rotatable bonds is 11. The van der Waals surface area contributed by atoms with Crippen molar-refractivity contribution in [2.24, 2.45) is 0 Å². The van der Waals surface area contributed by atoms with Gasteiger partial charge in [-0.1, -0.05) is 81.5 Å². The molecule has 0 aliphatic carbocycles. The van der Waals surface area contributed by atoms with Crippen LogP contribution in [-0.4, -0.2) is 15.5 Å². The molecule has 1 amide bonds. The Hall–Kier alpha value is -2.88. The van der Waals surface area contributed by atoms with Crippen LogP contribution >= 0.6 is 0 Å². The Labute approximate surface area is 180 Å². The zero-order chi connectivity index (χ0) is 21.2. The third-order valence-corrected chi connectivity index (χ3v) is 5.39. The van der Waals surface area contributed by atoms with Crippen molar-refractivity contribution >= 4 is 23.0 Å². The summed E-state index contributed by atoms with van der Waals surface area (Å²) in [6, 6.07) is 17.9. The number of carbonyl (C=O) groups is 1. The van der Waals surface area contributed by atoms with E-state index in [1.807, 2.05) is 55.5 Å². The number of nitrogens with zero attached hydrogens (tertiary/aromatic N) is 2. The van der Waals surface area contributed by atoms with E-state index in [2.05, 4.69) is 28.9 Å². The fourth-order valence-electron chi connectivity index (χ4n) is 3.77. The quantitative estimate of drug-likeness (QED) is 0.302. The van der Waals surface area contributed by atoms with E-state index in [0.717, 1.165) is 35.4 Å². The number of aromatic nitrogens is 2. The first-order chi connectivity index (χ1) is 14.7. The minimum atomic E-state index is -0.162. The van der Waals surface area contributed by atoms with Crippen molar-refractivity contribution in [3.8, 4) is 0 Å². The summed E-state index contributed by atoms with van der Waals surface area (Å²) in [5.41, 5.74) is 3.14. The molecule has 0 radical (unpaired) electrons. The molecule has 0 spiro atoms. The number of fused-ring (bicyclic) bond motifs is 1. The predicted octanol–water partition coefficient (Wildman–Crippen LogP) is 6.29. The highest BCUT2D eigenvalue weighted by atomic mass is 16.1. The smallest absolute Gasteiger partial charge is 0.244 e. The Kier molecular flexibility index (Phi) is 8.25. The number of carbonyl (C=O) groups excluding carboxylic acids is 1. The van der Waals surface area contributed by atoms with Crippen LogP contribution in [0.5, 0.6) is 0 Å². The molecule has 4 heteroatoms. The molecule has 1 N–H and O–H groups in total. The van der Waals surface area contributed by atoms with Gasteiger partial charge >= 0.3 is 0 Å². The number of nitrogens with one attached hydrogen (secondary N) is 1. The average Bonchev–Trinajstić information content (AvgIpc) is 3.14. The van der Waals surface area contributed by atoms with E-state index < -0.39 is 0 Å². The fourth-order valence-corrected chi connectivity index (χ4v) is 3.77. The molecule has 2 aromatic carbocycles. The van der Waals surface area contributed by atoms with Crippen LogP contribution in [0.15, 0.2) is 60.7 Å². The lowest BCUT2D eigenvalue weighted by atomic mass is 10.1. The molecule has 3 aromatic rings. The Bertz CT molecular complexity index is 959. The summed E-state index contributed by atoms with van der Waals surface area (Å²) in [5, 5.41) is 3.08. The molecular formula is C26H33N3O.